The number of carbonyl (C=O) groups excluding carboxylic acids is 3. The molecule has 11 heteroatoms. The number of piperazine rings is 1. The number of amides is 2. The highest BCUT2D eigenvalue weighted by atomic mass is 35.5. The highest BCUT2D eigenvalue weighted by molar-refractivity contribution is 6.36. The van der Waals surface area contributed by atoms with Gasteiger partial charge in [-0.1, -0.05) is 11.6 Å². The quantitative estimate of drug-likeness (QED) is 0.676. The lowest BCUT2D eigenvalue weighted by Gasteiger charge is -2.37. The van der Waals surface area contributed by atoms with E-state index in [0.29, 0.717) is 22.4 Å². The predicted octanol–water partition coefficient (Wildman–Crippen LogP) is 3.15. The first-order chi connectivity index (χ1) is 15.6. The lowest BCUT2D eigenvalue weighted by atomic mass is 10.1. The summed E-state index contributed by atoms with van der Waals surface area (Å²) < 4.78 is 41.8. The Morgan fingerprint density at radius 2 is 1.88 bits per heavy atom. The van der Waals surface area contributed by atoms with Crippen molar-refractivity contribution in [3.63, 3.8) is 0 Å². The number of halogens is 4. The van der Waals surface area contributed by atoms with Crippen molar-refractivity contribution in [1.29, 1.82) is 0 Å². The number of carbonyl (C=O) groups is 3. The number of nitrogens with zero attached hydrogens (tertiary/aromatic N) is 4. The molecule has 6 rings (SSSR count). The molecular formula is C22H20ClF3N4O3. The molecule has 3 aliphatic carbocycles. The molecular weight excluding hydrogens is 461 g/mol. The summed E-state index contributed by atoms with van der Waals surface area (Å²) >= 11 is 6.36. The molecule has 3 heterocycles. The minimum atomic E-state index is -4.67. The zero-order valence-electron chi connectivity index (χ0n) is 17.4. The Kier molecular flexibility index (Phi) is 4.41. The molecule has 3 saturated carbocycles. The van der Waals surface area contributed by atoms with Crippen molar-refractivity contribution < 1.29 is 27.6 Å². The standard InChI is InChI=1S/C22H20ClF3N4O3/c23-18-14-6-11(10-1-2-10)8-16(22(24,25)26)30(14)27-19(18)21(33)28-3-4-29(17(31)9-28)15-7-12-5-13(12)20(15)32/h6,8,10,12-13,15H,1-5,7,9H2/t12-,13-,15-/m1/s1. The monoisotopic (exact) mass is 480 g/mol. The highest BCUT2D eigenvalue weighted by Gasteiger charge is 2.55. The number of hydrogen-bond donors (Lipinski definition) is 0. The fourth-order valence-electron chi connectivity index (χ4n) is 5.26. The molecule has 0 radical (unpaired) electrons. The second-order valence-corrected chi connectivity index (χ2v) is 9.85. The lowest BCUT2D eigenvalue weighted by molar-refractivity contribution is -0.142. The maximum Gasteiger partial charge on any atom is 0.433 e. The third kappa shape index (κ3) is 3.33. The molecule has 2 aromatic heterocycles. The summed E-state index contributed by atoms with van der Waals surface area (Å²) in [7, 11) is 0. The number of hydrogen-bond acceptors (Lipinski definition) is 4. The second kappa shape index (κ2) is 6.94. The minimum Gasteiger partial charge on any atom is -0.329 e. The largest absolute Gasteiger partial charge is 0.433 e. The molecule has 0 unspecified atom stereocenters. The van der Waals surface area contributed by atoms with Gasteiger partial charge in [0.05, 0.1) is 16.6 Å². The zero-order chi connectivity index (χ0) is 23.2. The summed E-state index contributed by atoms with van der Waals surface area (Å²) in [5, 5.41) is 3.76. The normalized spacial score (nSPS) is 27.5. The Morgan fingerprint density at radius 3 is 2.48 bits per heavy atom. The first-order valence-electron chi connectivity index (χ1n) is 11.1. The zero-order valence-corrected chi connectivity index (χ0v) is 18.2. The lowest BCUT2D eigenvalue weighted by Crippen LogP contribution is -2.56. The topological polar surface area (TPSA) is 75.0 Å². The number of ketones is 1. The van der Waals surface area contributed by atoms with Crippen molar-refractivity contribution in [2.45, 2.75) is 43.8 Å². The molecule has 0 aromatic carbocycles. The molecule has 2 aromatic rings. The Morgan fingerprint density at radius 1 is 1.12 bits per heavy atom. The summed E-state index contributed by atoms with van der Waals surface area (Å²) in [5.74, 6) is -0.448. The van der Waals surface area contributed by atoms with Gasteiger partial charge in [-0.25, -0.2) is 4.52 Å². The van der Waals surface area contributed by atoms with Crippen LogP contribution in [0.15, 0.2) is 12.1 Å². The molecule has 33 heavy (non-hydrogen) atoms. The van der Waals surface area contributed by atoms with Gasteiger partial charge in [-0.15, -0.1) is 0 Å². The van der Waals surface area contributed by atoms with Gasteiger partial charge < -0.3 is 9.80 Å². The molecule has 0 bridgehead atoms. The van der Waals surface area contributed by atoms with E-state index in [4.69, 9.17) is 11.6 Å². The van der Waals surface area contributed by atoms with Crippen LogP contribution < -0.4 is 0 Å². The van der Waals surface area contributed by atoms with Crippen molar-refractivity contribution in [3.05, 3.63) is 34.1 Å². The Balaban J connectivity index is 1.28. The third-order valence-corrected chi connectivity index (χ3v) is 7.67. The number of Topliss-reactive ketones (excluding diaryl/α,β-unsaturated/α-hetero) is 1. The summed E-state index contributed by atoms with van der Waals surface area (Å²) in [6.45, 7) is 0.0972. The van der Waals surface area contributed by atoms with E-state index in [0.717, 1.165) is 25.3 Å². The van der Waals surface area contributed by atoms with Crippen LogP contribution in [0.3, 0.4) is 0 Å². The second-order valence-electron chi connectivity index (χ2n) is 9.48. The van der Waals surface area contributed by atoms with Gasteiger partial charge in [-0.05, 0) is 55.2 Å². The van der Waals surface area contributed by atoms with Crippen LogP contribution in [0.4, 0.5) is 13.2 Å². The van der Waals surface area contributed by atoms with Crippen LogP contribution in [0, 0.1) is 11.8 Å². The molecule has 4 fully saturated rings. The summed E-state index contributed by atoms with van der Waals surface area (Å²) in [5.41, 5.74) is -0.743. The van der Waals surface area contributed by atoms with E-state index in [9.17, 15) is 27.6 Å². The molecule has 2 amide bonds. The van der Waals surface area contributed by atoms with E-state index in [1.807, 2.05) is 0 Å². The summed E-state index contributed by atoms with van der Waals surface area (Å²) in [6.07, 6.45) is -1.48. The van der Waals surface area contributed by atoms with Crippen molar-refractivity contribution in [2.75, 3.05) is 19.6 Å². The fourth-order valence-corrected chi connectivity index (χ4v) is 5.51. The maximum absolute atomic E-state index is 13.7. The van der Waals surface area contributed by atoms with Crippen LogP contribution in [-0.2, 0) is 15.8 Å². The predicted molar refractivity (Wildman–Crippen MR) is 110 cm³/mol. The summed E-state index contributed by atoms with van der Waals surface area (Å²) in [4.78, 5) is 41.0. The molecule has 0 spiro atoms. The van der Waals surface area contributed by atoms with Crippen molar-refractivity contribution in [3.8, 4) is 0 Å². The van der Waals surface area contributed by atoms with Gasteiger partial charge in [0.15, 0.2) is 11.5 Å². The van der Waals surface area contributed by atoms with E-state index < -0.39 is 23.8 Å². The van der Waals surface area contributed by atoms with Gasteiger partial charge in [0, 0.05) is 19.0 Å². The van der Waals surface area contributed by atoms with Crippen LogP contribution in [0.1, 0.15) is 53.3 Å². The Hall–Kier alpha value is -2.62. The van der Waals surface area contributed by atoms with Gasteiger partial charge >= 0.3 is 6.18 Å². The molecule has 0 N–H and O–H groups in total. The SMILES string of the molecule is O=C1[C@H](N2CCN(C(=O)c3nn4c(C(F)(F)F)cc(C5CC5)cc4c3Cl)CC2=O)C[C@H]2C[C@@H]12. The van der Waals surface area contributed by atoms with E-state index in [-0.39, 0.29) is 59.4 Å². The molecule has 1 aliphatic heterocycles. The highest BCUT2D eigenvalue weighted by Crippen LogP contribution is 2.51. The van der Waals surface area contributed by atoms with Gasteiger partial charge in [0.25, 0.3) is 5.91 Å². The maximum atomic E-state index is 13.7. The average molecular weight is 481 g/mol. The molecule has 3 atom stereocenters. The van der Waals surface area contributed by atoms with Gasteiger partial charge in [-0.3, -0.25) is 14.4 Å². The van der Waals surface area contributed by atoms with Gasteiger partial charge in [-0.2, -0.15) is 18.3 Å². The fraction of sp³-hybridized carbons (Fsp3) is 0.545. The molecule has 7 nitrogen and oxygen atoms in total. The third-order valence-electron chi connectivity index (χ3n) is 7.30. The smallest absolute Gasteiger partial charge is 0.329 e. The Bertz CT molecular complexity index is 1220. The molecule has 1 saturated heterocycles. The number of alkyl halides is 3. The molecule has 174 valence electrons. The van der Waals surface area contributed by atoms with Crippen LogP contribution >= 0.6 is 11.6 Å². The van der Waals surface area contributed by atoms with Crippen molar-refractivity contribution in [1.82, 2.24) is 19.4 Å². The van der Waals surface area contributed by atoms with Crippen LogP contribution in [0.5, 0.6) is 0 Å². The first kappa shape index (κ1) is 20.9. The summed E-state index contributed by atoms with van der Waals surface area (Å²) in [6, 6.07) is 2.19. The van der Waals surface area contributed by atoms with Crippen LogP contribution in [-0.4, -0.2) is 62.7 Å². The van der Waals surface area contributed by atoms with Crippen molar-refractivity contribution >= 4 is 34.7 Å². The molecule has 4 aliphatic rings. The van der Waals surface area contributed by atoms with Gasteiger partial charge in [0.1, 0.15) is 12.2 Å². The Labute approximate surface area is 191 Å². The number of pyridine rings is 1. The van der Waals surface area contributed by atoms with E-state index in [1.54, 1.807) is 6.07 Å². The average Bonchev–Trinajstić information content (AvgIpc) is 3.68. The van der Waals surface area contributed by atoms with E-state index in [1.165, 1.54) is 9.80 Å². The first-order valence-corrected chi connectivity index (χ1v) is 11.4. The number of aromatic nitrogens is 2. The van der Waals surface area contributed by atoms with Crippen molar-refractivity contribution in [2.24, 2.45) is 11.8 Å². The van der Waals surface area contributed by atoms with E-state index in [2.05, 4.69) is 5.10 Å². The number of fused-ring (bicyclic) bond motifs is 2. The van der Waals surface area contributed by atoms with E-state index >= 15 is 0 Å². The number of rotatable bonds is 3. The minimum absolute atomic E-state index is 0.0254. The van der Waals surface area contributed by atoms with Crippen LogP contribution in [0.2, 0.25) is 5.02 Å². The van der Waals surface area contributed by atoms with Gasteiger partial charge in [0.2, 0.25) is 5.91 Å². The van der Waals surface area contributed by atoms with Crippen LogP contribution in [0.25, 0.3) is 5.52 Å².